The molecular weight excluding hydrogens is 520 g/mol. The van der Waals surface area contributed by atoms with Crippen molar-refractivity contribution in [2.45, 2.75) is 45.4 Å². The number of benzene rings is 1. The minimum Gasteiger partial charge on any atom is -0.450 e. The molecule has 1 aromatic carbocycles. The quantitative estimate of drug-likeness (QED) is 0.509. The van der Waals surface area contributed by atoms with E-state index in [0.29, 0.717) is 47.0 Å². The Kier molecular flexibility index (Phi) is 7.36. The van der Waals surface area contributed by atoms with Crippen LogP contribution in [0.1, 0.15) is 30.2 Å². The summed E-state index contributed by atoms with van der Waals surface area (Å²) in [6, 6.07) is 6.40. The first-order chi connectivity index (χ1) is 17.9. The summed E-state index contributed by atoms with van der Waals surface area (Å²) in [5.74, 6) is -0.347. The molecule has 1 saturated heterocycles. The van der Waals surface area contributed by atoms with Crippen LogP contribution < -0.4 is 16.6 Å². The van der Waals surface area contributed by atoms with Crippen molar-refractivity contribution in [1.82, 2.24) is 19.4 Å². The summed E-state index contributed by atoms with van der Waals surface area (Å²) in [6.45, 7) is 3.46. The summed E-state index contributed by atoms with van der Waals surface area (Å²) in [7, 11) is 0. The van der Waals surface area contributed by atoms with Gasteiger partial charge in [0.1, 0.15) is 11.4 Å². The van der Waals surface area contributed by atoms with Crippen LogP contribution in [0.25, 0.3) is 15.9 Å². The third-order valence-corrected chi connectivity index (χ3v) is 8.08. The molecule has 10 nitrogen and oxygen atoms in total. The van der Waals surface area contributed by atoms with Gasteiger partial charge in [0.05, 0.1) is 30.3 Å². The second-order valence-corrected chi connectivity index (χ2v) is 10.5. The van der Waals surface area contributed by atoms with Gasteiger partial charge in [0.2, 0.25) is 5.91 Å². The lowest BCUT2D eigenvalue weighted by Crippen LogP contribution is -2.42. The third-order valence-electron chi connectivity index (χ3n) is 6.59. The van der Waals surface area contributed by atoms with Crippen LogP contribution in [0.4, 0.5) is 4.79 Å². The fourth-order valence-corrected chi connectivity index (χ4v) is 6.24. The Labute approximate surface area is 221 Å². The smallest absolute Gasteiger partial charge is 0.410 e. The standard InChI is InChI=1S/C25H27ClN4O6S/c1-2-35-25(34)28-10-9-18-19(13-28)37-23-21(18)22(32)30(16-7-5-15(26)6-8-16)24(33)29(23)14-20(31)27-12-17-4-3-11-36-17/h5-8,17H,2-4,9-14H2,1H3,(H,27,31)/t17-/m0/s1. The molecule has 0 radical (unpaired) electrons. The molecule has 4 heterocycles. The first kappa shape index (κ1) is 25.5. The lowest BCUT2D eigenvalue weighted by molar-refractivity contribution is -0.122. The summed E-state index contributed by atoms with van der Waals surface area (Å²) in [4.78, 5) is 55.4. The maximum Gasteiger partial charge on any atom is 0.410 e. The summed E-state index contributed by atoms with van der Waals surface area (Å²) in [5, 5.41) is 3.72. The average Bonchev–Trinajstić information content (AvgIpc) is 3.54. The van der Waals surface area contributed by atoms with Crippen molar-refractivity contribution in [3.8, 4) is 5.69 Å². The van der Waals surface area contributed by atoms with E-state index >= 15 is 0 Å². The van der Waals surface area contributed by atoms with Gasteiger partial charge in [-0.3, -0.25) is 14.2 Å². The van der Waals surface area contributed by atoms with Gasteiger partial charge in [-0.25, -0.2) is 14.2 Å². The van der Waals surface area contributed by atoms with Gasteiger partial charge < -0.3 is 19.7 Å². The van der Waals surface area contributed by atoms with Crippen molar-refractivity contribution in [2.75, 3.05) is 26.3 Å². The van der Waals surface area contributed by atoms with Gasteiger partial charge in [-0.15, -0.1) is 11.3 Å². The van der Waals surface area contributed by atoms with Gasteiger partial charge >= 0.3 is 11.8 Å². The summed E-state index contributed by atoms with van der Waals surface area (Å²) < 4.78 is 13.1. The Morgan fingerprint density at radius 2 is 2.03 bits per heavy atom. The number of nitrogens with one attached hydrogen (secondary N) is 1. The normalized spacial score (nSPS) is 17.1. The van der Waals surface area contributed by atoms with Gasteiger partial charge in [-0.2, -0.15) is 0 Å². The lowest BCUT2D eigenvalue weighted by atomic mass is 10.1. The van der Waals surface area contributed by atoms with E-state index in [0.717, 1.165) is 27.8 Å². The van der Waals surface area contributed by atoms with E-state index in [1.165, 1.54) is 15.9 Å². The number of hydrogen-bond donors (Lipinski definition) is 1. The Bertz CT molecular complexity index is 1460. The molecule has 2 amide bonds. The van der Waals surface area contributed by atoms with Crippen LogP contribution >= 0.6 is 22.9 Å². The molecule has 1 fully saturated rings. The van der Waals surface area contributed by atoms with Gasteiger partial charge in [-0.1, -0.05) is 11.6 Å². The lowest BCUT2D eigenvalue weighted by Gasteiger charge is -2.25. The molecule has 0 unspecified atom stereocenters. The number of rotatable bonds is 6. The van der Waals surface area contributed by atoms with Gasteiger partial charge in [0.25, 0.3) is 5.56 Å². The SMILES string of the molecule is CCOC(=O)N1CCc2c(sc3c2c(=O)n(-c2ccc(Cl)cc2)c(=O)n3CC(=O)NC[C@@H]2CCCO2)C1. The zero-order chi connectivity index (χ0) is 26.1. The van der Waals surface area contributed by atoms with E-state index in [9.17, 15) is 19.2 Å². The van der Waals surface area contributed by atoms with Gasteiger partial charge in [0, 0.05) is 29.6 Å². The number of carbonyl (C=O) groups is 2. The summed E-state index contributed by atoms with van der Waals surface area (Å²) >= 11 is 7.29. The molecule has 0 saturated carbocycles. The molecule has 2 aliphatic heterocycles. The molecule has 2 aliphatic rings. The first-order valence-corrected chi connectivity index (χ1v) is 13.4. The minimum atomic E-state index is -0.618. The number of nitrogens with zero attached hydrogens (tertiary/aromatic N) is 3. The predicted octanol–water partition coefficient (Wildman–Crippen LogP) is 2.68. The largest absolute Gasteiger partial charge is 0.450 e. The molecule has 0 bridgehead atoms. The average molecular weight is 547 g/mol. The predicted molar refractivity (Wildman–Crippen MR) is 140 cm³/mol. The molecule has 1 atom stereocenters. The Morgan fingerprint density at radius 3 is 2.73 bits per heavy atom. The fraction of sp³-hybridized carbons (Fsp3) is 0.440. The van der Waals surface area contributed by atoms with Crippen LogP contribution in [-0.4, -0.2) is 58.4 Å². The highest BCUT2D eigenvalue weighted by molar-refractivity contribution is 7.18. The molecule has 0 spiro atoms. The number of halogens is 1. The van der Waals surface area contributed by atoms with Crippen molar-refractivity contribution in [3.05, 3.63) is 60.6 Å². The van der Waals surface area contributed by atoms with E-state index in [2.05, 4.69) is 5.32 Å². The number of hydrogen-bond acceptors (Lipinski definition) is 7. The van der Waals surface area contributed by atoms with Crippen molar-refractivity contribution >= 4 is 45.2 Å². The summed E-state index contributed by atoms with van der Waals surface area (Å²) in [6.07, 6.45) is 1.81. The van der Waals surface area contributed by atoms with E-state index < -0.39 is 17.3 Å². The molecule has 3 aromatic rings. The number of thiophene rings is 1. The van der Waals surface area contributed by atoms with E-state index in [1.807, 2.05) is 0 Å². The zero-order valence-electron chi connectivity index (χ0n) is 20.3. The van der Waals surface area contributed by atoms with E-state index in [-0.39, 0.29) is 31.7 Å². The molecule has 37 heavy (non-hydrogen) atoms. The highest BCUT2D eigenvalue weighted by Crippen LogP contribution is 2.33. The second-order valence-electron chi connectivity index (χ2n) is 8.98. The molecule has 0 aliphatic carbocycles. The number of carbonyl (C=O) groups excluding carboxylic acids is 2. The van der Waals surface area contributed by atoms with Crippen LogP contribution in [-0.2, 0) is 33.8 Å². The van der Waals surface area contributed by atoms with Crippen LogP contribution in [0, 0.1) is 0 Å². The third kappa shape index (κ3) is 5.03. The molecule has 12 heteroatoms. The number of amides is 2. The van der Waals surface area contributed by atoms with E-state index in [1.54, 1.807) is 36.1 Å². The highest BCUT2D eigenvalue weighted by atomic mass is 35.5. The molecule has 196 valence electrons. The molecule has 1 N–H and O–H groups in total. The van der Waals surface area contributed by atoms with Crippen LogP contribution in [0.3, 0.4) is 0 Å². The van der Waals surface area contributed by atoms with Gasteiger partial charge in [-0.05, 0) is 56.0 Å². The monoisotopic (exact) mass is 546 g/mol. The van der Waals surface area contributed by atoms with E-state index in [4.69, 9.17) is 21.1 Å². The first-order valence-electron chi connectivity index (χ1n) is 12.2. The maximum absolute atomic E-state index is 13.7. The molecule has 2 aromatic heterocycles. The van der Waals surface area contributed by atoms with Crippen molar-refractivity contribution < 1.29 is 19.1 Å². The topological polar surface area (TPSA) is 112 Å². The van der Waals surface area contributed by atoms with Gasteiger partial charge in [0.15, 0.2) is 0 Å². The van der Waals surface area contributed by atoms with Crippen molar-refractivity contribution in [2.24, 2.45) is 0 Å². The Morgan fingerprint density at radius 1 is 1.24 bits per heavy atom. The van der Waals surface area contributed by atoms with Crippen molar-refractivity contribution in [3.63, 3.8) is 0 Å². The zero-order valence-corrected chi connectivity index (χ0v) is 21.9. The van der Waals surface area contributed by atoms with Crippen LogP contribution in [0.5, 0.6) is 0 Å². The molecular formula is C25H27ClN4O6S. The number of ether oxygens (including phenoxy) is 2. The maximum atomic E-state index is 13.7. The molecule has 5 rings (SSSR count). The summed E-state index contributed by atoms with van der Waals surface area (Å²) in [5.41, 5.74) is 0.0776. The highest BCUT2D eigenvalue weighted by Gasteiger charge is 2.29. The van der Waals surface area contributed by atoms with Crippen LogP contribution in [0.15, 0.2) is 33.9 Å². The number of aromatic nitrogens is 2. The Hall–Kier alpha value is -3.15. The van der Waals surface area contributed by atoms with Crippen molar-refractivity contribution in [1.29, 1.82) is 0 Å². The fourth-order valence-electron chi connectivity index (χ4n) is 4.77. The number of fused-ring (bicyclic) bond motifs is 3. The second kappa shape index (κ2) is 10.7. The minimum absolute atomic E-state index is 0.0355. The van der Waals surface area contributed by atoms with Crippen LogP contribution in [0.2, 0.25) is 5.02 Å². The Balaban J connectivity index is 1.58.